The molecule has 2 aromatic rings. The van der Waals surface area contributed by atoms with Crippen LogP contribution in [-0.4, -0.2) is 55.4 Å². The number of benzene rings is 1. The molecule has 1 saturated carbocycles. The summed E-state index contributed by atoms with van der Waals surface area (Å²) in [4.78, 5) is 14.0. The number of halogens is 3. The van der Waals surface area contributed by atoms with Crippen molar-refractivity contribution in [3.8, 4) is 11.6 Å². The summed E-state index contributed by atoms with van der Waals surface area (Å²) in [5, 5.41) is 18.3. The molecule has 4 rings (SSSR count). The first kappa shape index (κ1) is 28.9. The van der Waals surface area contributed by atoms with Crippen molar-refractivity contribution in [1.82, 2.24) is 4.98 Å². The smallest absolute Gasteiger partial charge is 0.417 e. The van der Waals surface area contributed by atoms with Crippen molar-refractivity contribution in [2.75, 3.05) is 24.1 Å². The summed E-state index contributed by atoms with van der Waals surface area (Å²) >= 11 is 0. The molecule has 9 nitrogen and oxygen atoms in total. The second-order valence-corrected chi connectivity index (χ2v) is 11.6. The van der Waals surface area contributed by atoms with Gasteiger partial charge in [-0.2, -0.15) is 13.2 Å². The molecule has 1 fully saturated rings. The third-order valence-corrected chi connectivity index (χ3v) is 8.70. The molecule has 0 radical (unpaired) electrons. The van der Waals surface area contributed by atoms with Crippen LogP contribution in [0.15, 0.2) is 35.4 Å². The van der Waals surface area contributed by atoms with E-state index in [2.05, 4.69) is 4.98 Å². The Bertz CT molecular complexity index is 1280. The minimum atomic E-state index is -4.87. The molecule has 0 saturated heterocycles. The Labute approximate surface area is 224 Å². The molecule has 1 unspecified atom stereocenters. The molecule has 0 amide bonds. The first-order valence-electron chi connectivity index (χ1n) is 12.8. The average molecular weight is 573 g/mol. The molecule has 1 atom stereocenters. The van der Waals surface area contributed by atoms with E-state index in [0.29, 0.717) is 18.2 Å². The summed E-state index contributed by atoms with van der Waals surface area (Å²) in [6, 6.07) is 5.59. The Morgan fingerprint density at radius 2 is 1.92 bits per heavy atom. The van der Waals surface area contributed by atoms with Gasteiger partial charge in [-0.25, -0.2) is 13.4 Å². The second kappa shape index (κ2) is 12.0. The van der Waals surface area contributed by atoms with Crippen molar-refractivity contribution in [2.45, 2.75) is 68.5 Å². The zero-order valence-corrected chi connectivity index (χ0v) is 22.0. The molecule has 1 aromatic carbocycles. The number of carboxylic acid groups (broad SMARTS) is 1. The summed E-state index contributed by atoms with van der Waals surface area (Å²) in [5.74, 6) is -1.04. The fourth-order valence-electron chi connectivity index (χ4n) is 5.01. The summed E-state index contributed by atoms with van der Waals surface area (Å²) in [7, 11) is -4.70. The zero-order chi connectivity index (χ0) is 28.2. The van der Waals surface area contributed by atoms with Crippen molar-refractivity contribution in [2.24, 2.45) is 5.92 Å². The molecule has 1 aromatic heterocycles. The van der Waals surface area contributed by atoms with E-state index in [1.165, 1.54) is 6.42 Å². The first-order chi connectivity index (χ1) is 18.5. The number of aromatic nitrogens is 1. The monoisotopic (exact) mass is 572 g/mol. The Balaban J connectivity index is 1.77. The number of sulfonamides is 1. The van der Waals surface area contributed by atoms with Gasteiger partial charge >= 0.3 is 12.1 Å². The minimum Gasteiger partial charge on any atom is -0.486 e. The summed E-state index contributed by atoms with van der Waals surface area (Å²) in [6.45, 7) is -1.21. The normalized spacial score (nSPS) is 18.4. The van der Waals surface area contributed by atoms with Crippen LogP contribution in [0.2, 0.25) is 0 Å². The van der Waals surface area contributed by atoms with E-state index in [9.17, 15) is 26.4 Å². The van der Waals surface area contributed by atoms with Crippen molar-refractivity contribution in [1.29, 1.82) is 0 Å². The van der Waals surface area contributed by atoms with Crippen LogP contribution in [-0.2, 0) is 27.4 Å². The highest BCUT2D eigenvalue weighted by molar-refractivity contribution is 7.93. The predicted octanol–water partition coefficient (Wildman–Crippen LogP) is 4.42. The number of aliphatic hydroxyl groups excluding tert-OH is 1. The van der Waals surface area contributed by atoms with Gasteiger partial charge in [0.05, 0.1) is 24.4 Å². The van der Waals surface area contributed by atoms with E-state index in [1.54, 1.807) is 12.1 Å². The van der Waals surface area contributed by atoms with Crippen LogP contribution >= 0.6 is 0 Å². The highest BCUT2D eigenvalue weighted by atomic mass is 32.2. The van der Waals surface area contributed by atoms with Gasteiger partial charge in [0.25, 0.3) is 10.0 Å². The van der Waals surface area contributed by atoms with Crippen LogP contribution < -0.4 is 13.8 Å². The molecule has 214 valence electrons. The number of alkyl halides is 3. The van der Waals surface area contributed by atoms with Crippen LogP contribution in [0.4, 0.5) is 18.9 Å². The Kier molecular flexibility index (Phi) is 8.90. The third-order valence-electron chi connectivity index (χ3n) is 6.93. The van der Waals surface area contributed by atoms with E-state index < -0.39 is 51.2 Å². The van der Waals surface area contributed by atoms with Gasteiger partial charge in [-0.05, 0) is 42.5 Å². The predicted molar refractivity (Wildman–Crippen MR) is 134 cm³/mol. The summed E-state index contributed by atoms with van der Waals surface area (Å²) in [6.07, 6.45) is 0.736. The lowest BCUT2D eigenvalue weighted by Gasteiger charge is -2.36. The maximum atomic E-state index is 14.0. The van der Waals surface area contributed by atoms with Crippen LogP contribution in [0.3, 0.4) is 0 Å². The number of pyridine rings is 1. The summed E-state index contributed by atoms with van der Waals surface area (Å²) < 4.78 is 80.7. The topological polar surface area (TPSA) is 126 Å². The molecule has 1 aliphatic carbocycles. The lowest BCUT2D eigenvalue weighted by atomic mass is 9.85. The SMILES string of the molecule is O=C(O)CCC1CN(S(=O)(=O)c2cc(C(F)(F)F)cnc2OCCO)c2cc(CC3CCCCC3)ccc2O1. The van der Waals surface area contributed by atoms with Crippen LogP contribution in [0.5, 0.6) is 11.6 Å². The minimum absolute atomic E-state index is 0.0146. The molecule has 13 heteroatoms. The number of carboxylic acids is 1. The van der Waals surface area contributed by atoms with Gasteiger partial charge in [-0.3, -0.25) is 9.10 Å². The van der Waals surface area contributed by atoms with E-state index >= 15 is 0 Å². The van der Waals surface area contributed by atoms with Gasteiger partial charge < -0.3 is 19.7 Å². The Morgan fingerprint density at radius 3 is 2.59 bits per heavy atom. The number of aliphatic carboxylic acids is 1. The number of fused-ring (bicyclic) bond motifs is 1. The van der Waals surface area contributed by atoms with Crippen molar-refractivity contribution in [3.05, 3.63) is 41.6 Å². The van der Waals surface area contributed by atoms with E-state index in [1.807, 2.05) is 6.07 Å². The Morgan fingerprint density at radius 1 is 1.18 bits per heavy atom. The van der Waals surface area contributed by atoms with E-state index in [4.69, 9.17) is 19.7 Å². The van der Waals surface area contributed by atoms with Crippen LogP contribution in [0, 0.1) is 5.92 Å². The lowest BCUT2D eigenvalue weighted by molar-refractivity contribution is -0.138. The molecule has 2 aliphatic rings. The lowest BCUT2D eigenvalue weighted by Crippen LogP contribution is -2.44. The quantitative estimate of drug-likeness (QED) is 0.429. The van der Waals surface area contributed by atoms with Crippen molar-refractivity contribution in [3.63, 3.8) is 0 Å². The van der Waals surface area contributed by atoms with Gasteiger partial charge in [-0.15, -0.1) is 0 Å². The van der Waals surface area contributed by atoms with E-state index in [-0.39, 0.29) is 37.4 Å². The number of ether oxygens (including phenoxy) is 2. The average Bonchev–Trinajstić information content (AvgIpc) is 2.90. The molecular weight excluding hydrogens is 541 g/mol. The maximum absolute atomic E-state index is 14.0. The van der Waals surface area contributed by atoms with Crippen molar-refractivity contribution >= 4 is 21.7 Å². The molecule has 2 N–H and O–H groups in total. The maximum Gasteiger partial charge on any atom is 0.417 e. The van der Waals surface area contributed by atoms with Crippen LogP contribution in [0.1, 0.15) is 56.1 Å². The van der Waals surface area contributed by atoms with Gasteiger partial charge in [0, 0.05) is 12.6 Å². The second-order valence-electron chi connectivity index (χ2n) is 9.82. The molecule has 0 spiro atoms. The molecule has 2 heterocycles. The van der Waals surface area contributed by atoms with Gasteiger partial charge in [0.15, 0.2) is 4.90 Å². The fraction of sp³-hybridized carbons (Fsp3) is 0.538. The fourth-order valence-corrected chi connectivity index (χ4v) is 6.62. The third kappa shape index (κ3) is 6.93. The number of anilines is 1. The number of rotatable bonds is 10. The zero-order valence-electron chi connectivity index (χ0n) is 21.2. The molecule has 1 aliphatic heterocycles. The van der Waals surface area contributed by atoms with Crippen molar-refractivity contribution < 1.29 is 46.1 Å². The molecular formula is C26H31F3N2O7S. The van der Waals surface area contributed by atoms with Gasteiger partial charge in [-0.1, -0.05) is 38.2 Å². The number of hydrogen-bond donors (Lipinski definition) is 2. The number of nitrogens with zero attached hydrogens (tertiary/aromatic N) is 2. The highest BCUT2D eigenvalue weighted by Gasteiger charge is 2.40. The largest absolute Gasteiger partial charge is 0.486 e. The van der Waals surface area contributed by atoms with Gasteiger partial charge in [0.1, 0.15) is 18.5 Å². The standard InChI is InChI=1S/C26H31F3N2O7S/c27-26(28,29)19-14-23(25(30-15-19)37-11-10-32)39(35,36)31-16-20(7-9-24(33)34)38-22-8-6-18(13-21(22)31)12-17-4-2-1-3-5-17/h6,8,13-15,17,20,32H,1-5,7,9-12,16H2,(H,33,34). The molecule has 0 bridgehead atoms. The number of carbonyl (C=O) groups is 1. The highest BCUT2D eigenvalue weighted by Crippen LogP contribution is 2.42. The number of hydrogen-bond acceptors (Lipinski definition) is 7. The Hall–Kier alpha value is -3.06. The van der Waals surface area contributed by atoms with Gasteiger partial charge in [0.2, 0.25) is 5.88 Å². The first-order valence-corrected chi connectivity index (χ1v) is 14.3. The number of aliphatic hydroxyl groups is 1. The van der Waals surface area contributed by atoms with E-state index in [0.717, 1.165) is 42.0 Å². The van der Waals surface area contributed by atoms with Crippen LogP contribution in [0.25, 0.3) is 0 Å². The summed E-state index contributed by atoms with van der Waals surface area (Å²) in [5.41, 5.74) is -0.257. The molecule has 39 heavy (non-hydrogen) atoms.